The molecule has 56 heavy (non-hydrogen) atoms. The van der Waals surface area contributed by atoms with Crippen molar-refractivity contribution in [3.8, 4) is 0 Å². The van der Waals surface area contributed by atoms with Crippen molar-refractivity contribution in [3.05, 3.63) is 52.0 Å². The molecule has 3 rings (SSSR count). The number of likely N-dealkylation sites (N-methyl/N-ethyl adjacent to an activating group) is 2. The average molecular weight is 822 g/mol. The maximum Gasteiger partial charge on any atom is 0.403 e. The summed E-state index contributed by atoms with van der Waals surface area (Å²) in [6, 6.07) is 3.12. The second-order valence-corrected chi connectivity index (χ2v) is 15.4. The van der Waals surface area contributed by atoms with Crippen LogP contribution in [0, 0.1) is 17.8 Å². The Labute approximate surface area is 325 Å². The van der Waals surface area contributed by atoms with Gasteiger partial charge in [-0.3, -0.25) is 28.9 Å². The van der Waals surface area contributed by atoms with Crippen molar-refractivity contribution < 1.29 is 60.2 Å². The molecule has 0 radical (unpaired) electrons. The van der Waals surface area contributed by atoms with E-state index >= 15 is 0 Å². The molecule has 0 bridgehead atoms. The van der Waals surface area contributed by atoms with Crippen LogP contribution in [-0.2, 0) is 30.3 Å². The third-order valence-electron chi connectivity index (χ3n) is 9.80. The lowest BCUT2D eigenvalue weighted by molar-refractivity contribution is -0.290. The molecule has 3 N–H and O–H groups in total. The van der Waals surface area contributed by atoms with Crippen LogP contribution in [0.4, 0.5) is 26.3 Å². The van der Waals surface area contributed by atoms with Crippen molar-refractivity contribution >= 4 is 41.0 Å². The number of thiazole rings is 1. The van der Waals surface area contributed by atoms with Gasteiger partial charge in [-0.05, 0) is 50.8 Å². The van der Waals surface area contributed by atoms with E-state index in [0.717, 1.165) is 30.9 Å². The zero-order valence-corrected chi connectivity index (χ0v) is 32.8. The number of likely N-dealkylation sites (tertiary alicyclic amines) is 1. The van der Waals surface area contributed by atoms with E-state index in [4.69, 9.17) is 4.74 Å². The number of nitrogens with one attached hydrogen (secondary N) is 2. The number of rotatable bonds is 17. The zero-order chi connectivity index (χ0) is 42.1. The van der Waals surface area contributed by atoms with Crippen LogP contribution in [0.3, 0.4) is 0 Å². The number of amides is 3. The number of piperidine rings is 1. The molecule has 0 aliphatic carbocycles. The molecule has 0 saturated carbocycles. The van der Waals surface area contributed by atoms with Crippen molar-refractivity contribution in [2.24, 2.45) is 17.8 Å². The van der Waals surface area contributed by atoms with Crippen LogP contribution >= 0.6 is 11.3 Å². The van der Waals surface area contributed by atoms with Gasteiger partial charge < -0.3 is 25.4 Å². The third-order valence-corrected chi connectivity index (χ3v) is 10.7. The second-order valence-electron chi connectivity index (χ2n) is 14.5. The first-order valence-electron chi connectivity index (χ1n) is 18.1. The van der Waals surface area contributed by atoms with Gasteiger partial charge in [-0.2, -0.15) is 26.3 Å². The van der Waals surface area contributed by atoms with Gasteiger partial charge in [0.2, 0.25) is 11.8 Å². The normalized spacial score (nSPS) is 18.1. The minimum Gasteiger partial charge on any atom is -0.481 e. The minimum atomic E-state index is -5.97. The Morgan fingerprint density at radius 1 is 1.00 bits per heavy atom. The predicted octanol–water partition coefficient (Wildman–Crippen LogP) is 5.78. The van der Waals surface area contributed by atoms with E-state index in [1.54, 1.807) is 37.4 Å². The van der Waals surface area contributed by atoms with Gasteiger partial charge in [-0.15, -0.1) is 11.3 Å². The Morgan fingerprint density at radius 3 is 2.16 bits per heavy atom. The van der Waals surface area contributed by atoms with Crippen LogP contribution in [-0.4, -0.2) is 107 Å². The van der Waals surface area contributed by atoms with Crippen molar-refractivity contribution in [2.75, 3.05) is 20.6 Å². The highest BCUT2D eigenvalue weighted by molar-refractivity contribution is 7.09. The lowest BCUT2D eigenvalue weighted by Gasteiger charge is -2.39. The monoisotopic (exact) mass is 821 g/mol. The molecule has 19 heteroatoms. The first-order chi connectivity index (χ1) is 26.0. The molecule has 1 fully saturated rings. The topological polar surface area (TPSA) is 158 Å². The number of hydrogen-bond donors (Lipinski definition) is 3. The average Bonchev–Trinajstić information content (AvgIpc) is 3.59. The number of aromatic nitrogens is 1. The number of nitrogens with zero attached hydrogens (tertiary/aromatic N) is 3. The number of halogens is 6. The zero-order valence-electron chi connectivity index (χ0n) is 31.9. The molecule has 1 aromatic heterocycles. The van der Waals surface area contributed by atoms with Crippen LogP contribution in [0.25, 0.3) is 0 Å². The van der Waals surface area contributed by atoms with Gasteiger partial charge in [0.05, 0.1) is 12.0 Å². The minimum absolute atomic E-state index is 0.0454. The van der Waals surface area contributed by atoms with Gasteiger partial charge in [0.25, 0.3) is 5.91 Å². The number of carbonyl (C=O) groups excluding carboxylic acids is 4. The first-order valence-corrected chi connectivity index (χ1v) is 19.0. The number of carboxylic acids is 1. The molecule has 6 atom stereocenters. The summed E-state index contributed by atoms with van der Waals surface area (Å²) in [6.07, 6.45) is -11.9. The van der Waals surface area contributed by atoms with Crippen molar-refractivity contribution in [1.82, 2.24) is 25.4 Å². The fourth-order valence-corrected chi connectivity index (χ4v) is 7.64. The summed E-state index contributed by atoms with van der Waals surface area (Å²) in [5, 5.41) is 15.5. The molecule has 1 aliphatic heterocycles. The molecule has 12 nitrogen and oxygen atoms in total. The van der Waals surface area contributed by atoms with Crippen LogP contribution in [0.5, 0.6) is 0 Å². The summed E-state index contributed by atoms with van der Waals surface area (Å²) < 4.78 is 90.5. The van der Waals surface area contributed by atoms with Gasteiger partial charge >= 0.3 is 24.3 Å². The highest BCUT2D eigenvalue weighted by atomic mass is 32.1. The summed E-state index contributed by atoms with van der Waals surface area (Å²) >= 11 is 0.888. The standard InChI is InChI=1S/C37H49F6N5O7S/c1-20(2)27(48(6)34(52)29(30(36(38,39)40)37(41,42)43)46-32(51)26-14-10-11-15-47(26)5)18-28(55-22(4)49)33-45-25(19-56-33)31(50)44-24(16-21(3)35(53)54)17-23-12-8-7-9-13-23/h7-9,12-13,19-21,24,26-30H,10-11,14-18H2,1-6H3,(H,44,50)(H,46,51)(H,53,54)/t21-,24+,26+,27+,28+,29-/m0/s1. The molecule has 312 valence electrons. The summed E-state index contributed by atoms with van der Waals surface area (Å²) in [5.74, 6) is -11.0. The van der Waals surface area contributed by atoms with Crippen LogP contribution in [0.15, 0.2) is 35.7 Å². The summed E-state index contributed by atoms with van der Waals surface area (Å²) in [5.41, 5.74) is 0.713. The fourth-order valence-electron chi connectivity index (χ4n) is 6.80. The highest BCUT2D eigenvalue weighted by Gasteiger charge is 2.63. The maximum absolute atomic E-state index is 14.2. The number of aliphatic carboxylic acids is 1. The summed E-state index contributed by atoms with van der Waals surface area (Å²) in [6.45, 7) is 6.06. The Morgan fingerprint density at radius 2 is 1.62 bits per heavy atom. The third kappa shape index (κ3) is 12.9. The number of hydrogen-bond acceptors (Lipinski definition) is 9. The van der Waals surface area contributed by atoms with Gasteiger partial charge in [-0.1, -0.05) is 57.5 Å². The largest absolute Gasteiger partial charge is 0.481 e. The number of esters is 1. The van der Waals surface area contributed by atoms with E-state index < -0.39 is 90.0 Å². The molecule has 2 heterocycles. The molecule has 1 saturated heterocycles. The van der Waals surface area contributed by atoms with Gasteiger partial charge in [0, 0.05) is 37.9 Å². The Balaban J connectivity index is 1.92. The molecule has 1 aliphatic rings. The fraction of sp³-hybridized carbons (Fsp3) is 0.622. The Bertz CT molecular complexity index is 1640. The number of benzene rings is 1. The number of alkyl halides is 6. The number of ether oxygens (including phenoxy) is 1. The van der Waals surface area contributed by atoms with Crippen LogP contribution < -0.4 is 10.6 Å². The van der Waals surface area contributed by atoms with Crippen molar-refractivity contribution in [2.45, 2.75) is 109 Å². The smallest absolute Gasteiger partial charge is 0.403 e. The van der Waals surface area contributed by atoms with Gasteiger partial charge in [0.15, 0.2) is 12.0 Å². The maximum atomic E-state index is 14.2. The molecular formula is C37H49F6N5O7S. The highest BCUT2D eigenvalue weighted by Crippen LogP contribution is 2.42. The molecule has 1 aromatic carbocycles. The van der Waals surface area contributed by atoms with E-state index in [1.165, 1.54) is 24.3 Å². The van der Waals surface area contributed by atoms with E-state index in [0.29, 0.717) is 30.7 Å². The van der Waals surface area contributed by atoms with E-state index in [-0.39, 0.29) is 30.0 Å². The van der Waals surface area contributed by atoms with Crippen LogP contribution in [0.1, 0.15) is 87.0 Å². The lowest BCUT2D eigenvalue weighted by Crippen LogP contribution is -2.63. The van der Waals surface area contributed by atoms with E-state index in [9.17, 15) is 55.4 Å². The summed E-state index contributed by atoms with van der Waals surface area (Å²) in [7, 11) is 2.53. The first kappa shape index (κ1) is 46.1. The SMILES string of the molecule is CC(=O)O[C@H](C[C@H](C(C)C)N(C)C(=O)[C@@H](NC(=O)[C@H]1CCCCN1C)C(C(F)(F)F)C(F)(F)F)c1nc(C(=O)N[C@@H](Cc2ccccc2)C[C@H](C)C(=O)O)cs1. The van der Waals surface area contributed by atoms with Crippen LogP contribution in [0.2, 0.25) is 0 Å². The second kappa shape index (κ2) is 19.7. The van der Waals surface area contributed by atoms with E-state index in [1.807, 2.05) is 12.1 Å². The molecule has 0 spiro atoms. The molecule has 0 unspecified atom stereocenters. The number of carbonyl (C=O) groups is 5. The summed E-state index contributed by atoms with van der Waals surface area (Å²) in [4.78, 5) is 70.9. The van der Waals surface area contributed by atoms with Crippen molar-refractivity contribution in [3.63, 3.8) is 0 Å². The van der Waals surface area contributed by atoms with Gasteiger partial charge in [0.1, 0.15) is 16.7 Å². The van der Waals surface area contributed by atoms with Crippen molar-refractivity contribution in [1.29, 1.82) is 0 Å². The molecular weight excluding hydrogens is 772 g/mol. The van der Waals surface area contributed by atoms with Gasteiger partial charge in [-0.25, -0.2) is 4.98 Å². The molecule has 3 amide bonds. The predicted molar refractivity (Wildman–Crippen MR) is 193 cm³/mol. The Kier molecular flexibility index (Phi) is 16.3. The Hall–Kier alpha value is -4.26. The number of carboxylic acid groups (broad SMARTS) is 1. The molecule has 2 aromatic rings. The van der Waals surface area contributed by atoms with E-state index in [2.05, 4.69) is 10.3 Å². The quantitative estimate of drug-likeness (QED) is 0.133. The lowest BCUT2D eigenvalue weighted by atomic mass is 9.92.